The molecule has 0 saturated heterocycles. The van der Waals surface area contributed by atoms with Crippen LogP contribution in [0.2, 0.25) is 0 Å². The molecule has 0 aliphatic carbocycles. The third-order valence-corrected chi connectivity index (χ3v) is 3.81. The fourth-order valence-corrected chi connectivity index (χ4v) is 2.36. The van der Waals surface area contributed by atoms with Crippen LogP contribution in [0.5, 0.6) is 5.75 Å². The zero-order valence-corrected chi connectivity index (χ0v) is 15.3. The minimum atomic E-state index is 0.601. The molecule has 0 fully saturated rings. The first kappa shape index (κ1) is 19.3. The Morgan fingerprint density at radius 2 is 1.91 bits per heavy atom. The van der Waals surface area contributed by atoms with Crippen LogP contribution < -0.4 is 15.4 Å². The van der Waals surface area contributed by atoms with E-state index < -0.39 is 0 Å². The van der Waals surface area contributed by atoms with Gasteiger partial charge in [-0.1, -0.05) is 26.0 Å². The van der Waals surface area contributed by atoms with Gasteiger partial charge in [-0.2, -0.15) is 0 Å². The molecule has 0 aliphatic rings. The summed E-state index contributed by atoms with van der Waals surface area (Å²) < 4.78 is 5.44. The molecule has 0 amide bonds. The summed E-state index contributed by atoms with van der Waals surface area (Å²) in [6.45, 7) is 14.0. The third-order valence-electron chi connectivity index (χ3n) is 3.81. The van der Waals surface area contributed by atoms with E-state index in [2.05, 4.69) is 60.4 Å². The van der Waals surface area contributed by atoms with Gasteiger partial charge in [0.2, 0.25) is 0 Å². The summed E-state index contributed by atoms with van der Waals surface area (Å²) in [7, 11) is 1.70. The number of rotatable bonds is 9. The van der Waals surface area contributed by atoms with Gasteiger partial charge in [-0.3, -0.25) is 0 Å². The SMILES string of the molecule is CCNC(=NCc1ccc(C)cc1OC)NCCN(CC)CC. The summed E-state index contributed by atoms with van der Waals surface area (Å²) in [4.78, 5) is 7.05. The molecule has 0 aliphatic heterocycles. The number of guanidine groups is 1. The van der Waals surface area contributed by atoms with Crippen molar-refractivity contribution in [3.8, 4) is 5.75 Å². The highest BCUT2D eigenvalue weighted by Gasteiger charge is 2.04. The first-order valence-electron chi connectivity index (χ1n) is 8.52. The second kappa shape index (κ2) is 10.9. The van der Waals surface area contributed by atoms with Crippen molar-refractivity contribution in [2.24, 2.45) is 4.99 Å². The van der Waals surface area contributed by atoms with Crippen LogP contribution in [0.4, 0.5) is 0 Å². The van der Waals surface area contributed by atoms with Crippen molar-refractivity contribution in [1.29, 1.82) is 0 Å². The van der Waals surface area contributed by atoms with Crippen LogP contribution in [0.3, 0.4) is 0 Å². The number of aliphatic imine (C=N–C) groups is 1. The van der Waals surface area contributed by atoms with E-state index in [1.807, 2.05) is 6.07 Å². The molecule has 0 radical (unpaired) electrons. The Morgan fingerprint density at radius 1 is 1.17 bits per heavy atom. The van der Waals surface area contributed by atoms with Gasteiger partial charge in [0.05, 0.1) is 13.7 Å². The topological polar surface area (TPSA) is 48.9 Å². The molecule has 1 rings (SSSR count). The van der Waals surface area contributed by atoms with E-state index in [1.165, 1.54) is 5.56 Å². The van der Waals surface area contributed by atoms with Gasteiger partial charge >= 0.3 is 0 Å². The molecule has 0 heterocycles. The summed E-state index contributed by atoms with van der Waals surface area (Å²) in [6, 6.07) is 6.22. The van der Waals surface area contributed by atoms with E-state index in [9.17, 15) is 0 Å². The van der Waals surface area contributed by atoms with Crippen molar-refractivity contribution in [2.75, 3.05) is 39.8 Å². The van der Waals surface area contributed by atoms with Gasteiger partial charge in [0.1, 0.15) is 5.75 Å². The summed E-state index contributed by atoms with van der Waals surface area (Å²) in [5, 5.41) is 6.69. The zero-order valence-electron chi connectivity index (χ0n) is 15.3. The molecular weight excluding hydrogens is 288 g/mol. The fraction of sp³-hybridized carbons (Fsp3) is 0.611. The standard InChI is InChI=1S/C18H32N4O/c1-6-19-18(20-11-12-22(7-2)8-3)21-14-16-10-9-15(4)13-17(16)23-5/h9-10,13H,6-8,11-12,14H2,1-5H3,(H2,19,20,21). The lowest BCUT2D eigenvalue weighted by molar-refractivity contribution is 0.308. The molecule has 23 heavy (non-hydrogen) atoms. The summed E-state index contributed by atoms with van der Waals surface area (Å²) >= 11 is 0. The predicted molar refractivity (Wildman–Crippen MR) is 98.3 cm³/mol. The Hall–Kier alpha value is -1.75. The quantitative estimate of drug-likeness (QED) is 0.542. The average molecular weight is 320 g/mol. The Balaban J connectivity index is 2.64. The summed E-state index contributed by atoms with van der Waals surface area (Å²) in [5.74, 6) is 1.75. The summed E-state index contributed by atoms with van der Waals surface area (Å²) in [5.41, 5.74) is 2.29. The minimum absolute atomic E-state index is 0.601. The molecule has 1 aromatic rings. The van der Waals surface area contributed by atoms with Gasteiger partial charge in [0.15, 0.2) is 5.96 Å². The van der Waals surface area contributed by atoms with E-state index in [1.54, 1.807) is 7.11 Å². The highest BCUT2D eigenvalue weighted by molar-refractivity contribution is 5.79. The van der Waals surface area contributed by atoms with Crippen LogP contribution in [-0.2, 0) is 6.54 Å². The number of hydrogen-bond acceptors (Lipinski definition) is 3. The molecule has 5 nitrogen and oxygen atoms in total. The molecule has 1 aromatic carbocycles. The second-order valence-corrected chi connectivity index (χ2v) is 5.46. The van der Waals surface area contributed by atoms with Crippen LogP contribution in [0.15, 0.2) is 23.2 Å². The van der Waals surface area contributed by atoms with Crippen LogP contribution in [0.1, 0.15) is 31.9 Å². The number of hydrogen-bond donors (Lipinski definition) is 2. The van der Waals surface area contributed by atoms with Crippen molar-refractivity contribution >= 4 is 5.96 Å². The number of benzene rings is 1. The lowest BCUT2D eigenvalue weighted by Gasteiger charge is -2.19. The number of likely N-dealkylation sites (N-methyl/N-ethyl adjacent to an activating group) is 1. The van der Waals surface area contributed by atoms with E-state index in [4.69, 9.17) is 4.74 Å². The van der Waals surface area contributed by atoms with Gasteiger partial charge in [0.25, 0.3) is 0 Å². The first-order chi connectivity index (χ1) is 11.1. The largest absolute Gasteiger partial charge is 0.496 e. The smallest absolute Gasteiger partial charge is 0.191 e. The maximum absolute atomic E-state index is 5.44. The maximum Gasteiger partial charge on any atom is 0.191 e. The van der Waals surface area contributed by atoms with Crippen molar-refractivity contribution in [1.82, 2.24) is 15.5 Å². The molecule has 5 heteroatoms. The lowest BCUT2D eigenvalue weighted by atomic mass is 10.1. The van der Waals surface area contributed by atoms with Gasteiger partial charge in [-0.05, 0) is 38.6 Å². The maximum atomic E-state index is 5.44. The average Bonchev–Trinajstić information content (AvgIpc) is 2.57. The van der Waals surface area contributed by atoms with Crippen LogP contribution in [0.25, 0.3) is 0 Å². The van der Waals surface area contributed by atoms with Crippen LogP contribution in [0, 0.1) is 6.92 Å². The Morgan fingerprint density at radius 3 is 2.52 bits per heavy atom. The lowest BCUT2D eigenvalue weighted by Crippen LogP contribution is -2.41. The fourth-order valence-electron chi connectivity index (χ4n) is 2.36. The predicted octanol–water partition coefficient (Wildman–Crippen LogP) is 2.40. The monoisotopic (exact) mass is 320 g/mol. The van der Waals surface area contributed by atoms with E-state index in [0.717, 1.165) is 50.0 Å². The van der Waals surface area contributed by atoms with Crippen molar-refractivity contribution < 1.29 is 4.74 Å². The Bertz CT molecular complexity index is 484. The molecule has 0 atom stereocenters. The van der Waals surface area contributed by atoms with E-state index in [0.29, 0.717) is 6.54 Å². The molecule has 130 valence electrons. The van der Waals surface area contributed by atoms with Crippen molar-refractivity contribution in [2.45, 2.75) is 34.2 Å². The normalized spacial score (nSPS) is 11.7. The van der Waals surface area contributed by atoms with Crippen molar-refractivity contribution in [3.63, 3.8) is 0 Å². The van der Waals surface area contributed by atoms with Gasteiger partial charge in [-0.25, -0.2) is 4.99 Å². The minimum Gasteiger partial charge on any atom is -0.496 e. The number of methoxy groups -OCH3 is 1. The molecule has 0 saturated carbocycles. The van der Waals surface area contributed by atoms with Gasteiger partial charge < -0.3 is 20.3 Å². The second-order valence-electron chi connectivity index (χ2n) is 5.46. The molecule has 0 unspecified atom stereocenters. The zero-order chi connectivity index (χ0) is 17.1. The number of nitrogens with one attached hydrogen (secondary N) is 2. The van der Waals surface area contributed by atoms with Crippen LogP contribution in [-0.4, -0.2) is 50.7 Å². The molecule has 2 N–H and O–H groups in total. The highest BCUT2D eigenvalue weighted by atomic mass is 16.5. The number of ether oxygens (including phenoxy) is 1. The third kappa shape index (κ3) is 6.91. The van der Waals surface area contributed by atoms with E-state index in [-0.39, 0.29) is 0 Å². The Labute approximate surface area is 141 Å². The van der Waals surface area contributed by atoms with Gasteiger partial charge in [-0.15, -0.1) is 0 Å². The van der Waals surface area contributed by atoms with Gasteiger partial charge in [0, 0.05) is 25.2 Å². The molecule has 0 spiro atoms. The number of nitrogens with zero attached hydrogens (tertiary/aromatic N) is 2. The van der Waals surface area contributed by atoms with Crippen molar-refractivity contribution in [3.05, 3.63) is 29.3 Å². The van der Waals surface area contributed by atoms with E-state index >= 15 is 0 Å². The molecule has 0 aromatic heterocycles. The molecule has 0 bridgehead atoms. The summed E-state index contributed by atoms with van der Waals surface area (Å²) in [6.07, 6.45) is 0. The number of aryl methyl sites for hydroxylation is 1. The van der Waals surface area contributed by atoms with Crippen LogP contribution >= 0.6 is 0 Å². The molecular formula is C18H32N4O. The highest BCUT2D eigenvalue weighted by Crippen LogP contribution is 2.20. The first-order valence-corrected chi connectivity index (χ1v) is 8.52. The Kier molecular flexibility index (Phi) is 9.14.